The molecule has 0 N–H and O–H groups in total. The smallest absolute Gasteiger partial charge is 0.270 e. The SMILES string of the molecule is CC(C)c1ccc(C(=O)N2CCN(c3ccc([N+](=O)[O-])cc3C#N)CC2)cc1. The Kier molecular flexibility index (Phi) is 5.59. The number of benzene rings is 2. The van der Waals surface area contributed by atoms with Crippen LogP contribution in [0.15, 0.2) is 42.5 Å². The first-order chi connectivity index (χ1) is 13.4. The number of carbonyl (C=O) groups excluding carboxylic acids is 1. The molecule has 1 fully saturated rings. The Hall–Kier alpha value is -3.40. The first-order valence-electron chi connectivity index (χ1n) is 9.23. The van der Waals surface area contributed by atoms with Gasteiger partial charge in [0.25, 0.3) is 11.6 Å². The van der Waals surface area contributed by atoms with Crippen LogP contribution in [0.2, 0.25) is 0 Å². The number of nitro groups is 1. The van der Waals surface area contributed by atoms with Gasteiger partial charge in [-0.2, -0.15) is 5.26 Å². The fourth-order valence-electron chi connectivity index (χ4n) is 3.35. The van der Waals surface area contributed by atoms with Crippen molar-refractivity contribution in [3.63, 3.8) is 0 Å². The molecule has 0 atom stereocenters. The van der Waals surface area contributed by atoms with Crippen molar-refractivity contribution in [2.24, 2.45) is 0 Å². The molecular formula is C21H22N4O3. The molecule has 0 aromatic heterocycles. The number of amides is 1. The zero-order valence-corrected chi connectivity index (χ0v) is 16.0. The molecule has 1 aliphatic rings. The lowest BCUT2D eigenvalue weighted by Gasteiger charge is -2.36. The predicted octanol–water partition coefficient (Wildman–Crippen LogP) is 3.55. The summed E-state index contributed by atoms with van der Waals surface area (Å²) in [4.78, 5) is 26.9. The number of hydrogen-bond donors (Lipinski definition) is 0. The van der Waals surface area contributed by atoms with Gasteiger partial charge in [-0.15, -0.1) is 0 Å². The van der Waals surface area contributed by atoms with E-state index in [-0.39, 0.29) is 17.2 Å². The average Bonchev–Trinajstić information content (AvgIpc) is 2.72. The molecule has 1 saturated heterocycles. The fraction of sp³-hybridized carbons (Fsp3) is 0.333. The van der Waals surface area contributed by atoms with Crippen LogP contribution in [-0.4, -0.2) is 41.9 Å². The Labute approximate surface area is 163 Å². The number of rotatable bonds is 4. The molecule has 2 aromatic carbocycles. The standard InChI is InChI=1S/C21H22N4O3/c1-15(2)16-3-5-17(6-4-16)21(26)24-11-9-23(10-12-24)20-8-7-19(25(27)28)13-18(20)14-22/h3-8,13,15H,9-12H2,1-2H3. The van der Waals surface area contributed by atoms with Crippen LogP contribution < -0.4 is 4.90 Å². The Balaban J connectivity index is 1.68. The fourth-order valence-corrected chi connectivity index (χ4v) is 3.35. The number of nitrogens with zero attached hydrogens (tertiary/aromatic N) is 4. The number of nitriles is 1. The van der Waals surface area contributed by atoms with E-state index in [1.807, 2.05) is 35.2 Å². The molecule has 0 spiro atoms. The van der Waals surface area contributed by atoms with Crippen molar-refractivity contribution in [3.05, 3.63) is 69.3 Å². The van der Waals surface area contributed by atoms with Gasteiger partial charge in [-0.25, -0.2) is 0 Å². The van der Waals surface area contributed by atoms with E-state index in [9.17, 15) is 20.2 Å². The maximum absolute atomic E-state index is 12.7. The molecule has 0 aliphatic carbocycles. The van der Waals surface area contributed by atoms with Gasteiger partial charge < -0.3 is 9.80 Å². The normalized spacial score (nSPS) is 14.1. The molecule has 144 valence electrons. The van der Waals surface area contributed by atoms with Gasteiger partial charge in [0.15, 0.2) is 0 Å². The largest absolute Gasteiger partial charge is 0.367 e. The summed E-state index contributed by atoms with van der Waals surface area (Å²) >= 11 is 0. The number of nitro benzene ring substituents is 1. The Morgan fingerprint density at radius 3 is 2.29 bits per heavy atom. The van der Waals surface area contributed by atoms with E-state index in [0.29, 0.717) is 43.3 Å². The van der Waals surface area contributed by atoms with Crippen LogP contribution in [0.5, 0.6) is 0 Å². The molecule has 1 heterocycles. The monoisotopic (exact) mass is 378 g/mol. The van der Waals surface area contributed by atoms with Gasteiger partial charge in [0.1, 0.15) is 6.07 Å². The summed E-state index contributed by atoms with van der Waals surface area (Å²) in [6.07, 6.45) is 0. The second kappa shape index (κ2) is 8.09. The topological polar surface area (TPSA) is 90.5 Å². The minimum absolute atomic E-state index is 0.000776. The summed E-state index contributed by atoms with van der Waals surface area (Å²) in [7, 11) is 0. The van der Waals surface area contributed by atoms with E-state index in [2.05, 4.69) is 13.8 Å². The van der Waals surface area contributed by atoms with Gasteiger partial charge in [-0.05, 0) is 29.7 Å². The first kappa shape index (κ1) is 19.4. The highest BCUT2D eigenvalue weighted by Crippen LogP contribution is 2.26. The predicted molar refractivity (Wildman–Crippen MR) is 106 cm³/mol. The van der Waals surface area contributed by atoms with Crippen molar-refractivity contribution >= 4 is 17.3 Å². The molecule has 0 bridgehead atoms. The summed E-state index contributed by atoms with van der Waals surface area (Å²) in [6.45, 7) is 6.44. The van der Waals surface area contributed by atoms with Crippen molar-refractivity contribution in [1.29, 1.82) is 5.26 Å². The van der Waals surface area contributed by atoms with Crippen molar-refractivity contribution in [1.82, 2.24) is 4.90 Å². The van der Waals surface area contributed by atoms with Gasteiger partial charge in [-0.1, -0.05) is 26.0 Å². The molecule has 7 heteroatoms. The maximum atomic E-state index is 12.7. The first-order valence-corrected chi connectivity index (χ1v) is 9.23. The van der Waals surface area contributed by atoms with E-state index < -0.39 is 4.92 Å². The third kappa shape index (κ3) is 3.96. The van der Waals surface area contributed by atoms with E-state index in [1.54, 1.807) is 11.0 Å². The van der Waals surface area contributed by atoms with E-state index >= 15 is 0 Å². The van der Waals surface area contributed by atoms with Crippen molar-refractivity contribution in [2.45, 2.75) is 19.8 Å². The second-order valence-electron chi connectivity index (χ2n) is 7.13. The molecular weight excluding hydrogens is 356 g/mol. The van der Waals surface area contributed by atoms with E-state index in [1.165, 1.54) is 17.7 Å². The van der Waals surface area contributed by atoms with Crippen LogP contribution in [-0.2, 0) is 0 Å². The van der Waals surface area contributed by atoms with Crippen LogP contribution in [0, 0.1) is 21.4 Å². The van der Waals surface area contributed by atoms with Crippen molar-refractivity contribution in [3.8, 4) is 6.07 Å². The number of hydrogen-bond acceptors (Lipinski definition) is 5. The molecule has 0 radical (unpaired) electrons. The summed E-state index contributed by atoms with van der Waals surface area (Å²) in [5.74, 6) is 0.419. The third-order valence-electron chi connectivity index (χ3n) is 5.04. The lowest BCUT2D eigenvalue weighted by atomic mass is 10.0. The van der Waals surface area contributed by atoms with Gasteiger partial charge in [-0.3, -0.25) is 14.9 Å². The number of piperazine rings is 1. The minimum Gasteiger partial charge on any atom is -0.367 e. The van der Waals surface area contributed by atoms with Gasteiger partial charge in [0, 0.05) is 43.9 Å². The molecule has 0 unspecified atom stereocenters. The number of anilines is 1. The van der Waals surface area contributed by atoms with Crippen molar-refractivity contribution in [2.75, 3.05) is 31.1 Å². The molecule has 1 amide bonds. The quantitative estimate of drug-likeness (QED) is 0.599. The van der Waals surface area contributed by atoms with Gasteiger partial charge in [0.05, 0.1) is 16.2 Å². The Morgan fingerprint density at radius 2 is 1.75 bits per heavy atom. The molecule has 3 rings (SSSR count). The molecule has 2 aromatic rings. The molecule has 28 heavy (non-hydrogen) atoms. The average molecular weight is 378 g/mol. The summed E-state index contributed by atoms with van der Waals surface area (Å²) in [5.41, 5.74) is 2.72. The summed E-state index contributed by atoms with van der Waals surface area (Å²) in [6, 6.07) is 14.1. The number of non-ortho nitro benzene ring substituents is 1. The van der Waals surface area contributed by atoms with Crippen LogP contribution in [0.3, 0.4) is 0 Å². The Morgan fingerprint density at radius 1 is 1.11 bits per heavy atom. The van der Waals surface area contributed by atoms with Gasteiger partial charge in [0.2, 0.25) is 0 Å². The molecule has 7 nitrogen and oxygen atoms in total. The summed E-state index contributed by atoms with van der Waals surface area (Å²) < 4.78 is 0. The van der Waals surface area contributed by atoms with Crippen LogP contribution in [0.25, 0.3) is 0 Å². The van der Waals surface area contributed by atoms with Crippen molar-refractivity contribution < 1.29 is 9.72 Å². The second-order valence-corrected chi connectivity index (χ2v) is 7.13. The van der Waals surface area contributed by atoms with E-state index in [0.717, 1.165) is 0 Å². The zero-order valence-electron chi connectivity index (χ0n) is 16.0. The number of carbonyl (C=O) groups is 1. The highest BCUT2D eigenvalue weighted by Gasteiger charge is 2.24. The zero-order chi connectivity index (χ0) is 20.3. The lowest BCUT2D eigenvalue weighted by Crippen LogP contribution is -2.49. The lowest BCUT2D eigenvalue weighted by molar-refractivity contribution is -0.384. The Bertz CT molecular complexity index is 924. The summed E-state index contributed by atoms with van der Waals surface area (Å²) in [5, 5.41) is 20.2. The van der Waals surface area contributed by atoms with Crippen LogP contribution in [0.4, 0.5) is 11.4 Å². The highest BCUT2D eigenvalue weighted by molar-refractivity contribution is 5.94. The van der Waals surface area contributed by atoms with Crippen LogP contribution >= 0.6 is 0 Å². The van der Waals surface area contributed by atoms with Gasteiger partial charge >= 0.3 is 0 Å². The molecule has 0 saturated carbocycles. The third-order valence-corrected chi connectivity index (χ3v) is 5.04. The maximum Gasteiger partial charge on any atom is 0.270 e. The van der Waals surface area contributed by atoms with E-state index in [4.69, 9.17) is 0 Å². The minimum atomic E-state index is -0.508. The van der Waals surface area contributed by atoms with Crippen LogP contribution in [0.1, 0.15) is 41.3 Å². The highest BCUT2D eigenvalue weighted by atomic mass is 16.6. The molecule has 1 aliphatic heterocycles.